The van der Waals surface area contributed by atoms with Crippen LogP contribution in [0.5, 0.6) is 0 Å². The zero-order valence-corrected chi connectivity index (χ0v) is 11.5. The lowest BCUT2D eigenvalue weighted by Crippen LogP contribution is -2.46. The van der Waals surface area contributed by atoms with E-state index in [-0.39, 0.29) is 18.2 Å². The maximum Gasteiger partial charge on any atom is 0.317 e. The number of carbonyl (C=O) groups is 1. The van der Waals surface area contributed by atoms with Gasteiger partial charge >= 0.3 is 6.03 Å². The lowest BCUT2D eigenvalue weighted by atomic mass is 10.1. The minimum atomic E-state index is 0.0735. The summed E-state index contributed by atoms with van der Waals surface area (Å²) in [6, 6.07) is 0.358. The molecule has 3 aliphatic rings. The van der Waals surface area contributed by atoms with Crippen LogP contribution in [-0.4, -0.2) is 56.0 Å². The van der Waals surface area contributed by atoms with Gasteiger partial charge in [-0.25, -0.2) is 4.79 Å². The molecule has 19 heavy (non-hydrogen) atoms. The number of hydrogen-bond acceptors (Lipinski definition) is 3. The van der Waals surface area contributed by atoms with Crippen molar-refractivity contribution < 1.29 is 14.3 Å². The quantitative estimate of drug-likeness (QED) is 0.838. The van der Waals surface area contributed by atoms with Crippen LogP contribution in [0.2, 0.25) is 0 Å². The van der Waals surface area contributed by atoms with E-state index in [1.165, 1.54) is 12.8 Å². The first-order valence-electron chi connectivity index (χ1n) is 7.56. The Morgan fingerprint density at radius 2 is 2.00 bits per heavy atom. The zero-order valence-electron chi connectivity index (χ0n) is 11.5. The van der Waals surface area contributed by atoms with Crippen LogP contribution >= 0.6 is 0 Å². The summed E-state index contributed by atoms with van der Waals surface area (Å²) in [7, 11) is 0. The zero-order chi connectivity index (χ0) is 13.1. The summed E-state index contributed by atoms with van der Waals surface area (Å²) in [5.74, 6) is 0.796. The molecular weight excluding hydrogens is 244 g/mol. The van der Waals surface area contributed by atoms with Crippen molar-refractivity contribution in [3.05, 3.63) is 0 Å². The summed E-state index contributed by atoms with van der Waals surface area (Å²) >= 11 is 0. The van der Waals surface area contributed by atoms with Crippen LogP contribution in [0, 0.1) is 5.92 Å². The van der Waals surface area contributed by atoms with E-state index < -0.39 is 0 Å². The molecule has 1 aliphatic carbocycles. The molecular formula is C14H24N2O3. The molecule has 5 heteroatoms. The summed E-state index contributed by atoms with van der Waals surface area (Å²) in [4.78, 5) is 14.0. The number of ether oxygens (including phenoxy) is 2. The fourth-order valence-corrected chi connectivity index (χ4v) is 2.71. The van der Waals surface area contributed by atoms with Gasteiger partial charge in [0.15, 0.2) is 0 Å². The highest BCUT2D eigenvalue weighted by molar-refractivity contribution is 5.74. The van der Waals surface area contributed by atoms with Gasteiger partial charge in [-0.3, -0.25) is 0 Å². The van der Waals surface area contributed by atoms with Crippen LogP contribution in [-0.2, 0) is 9.47 Å². The van der Waals surface area contributed by atoms with E-state index in [4.69, 9.17) is 9.47 Å². The highest BCUT2D eigenvalue weighted by atomic mass is 16.5. The number of urea groups is 1. The van der Waals surface area contributed by atoms with E-state index in [1.54, 1.807) is 0 Å². The van der Waals surface area contributed by atoms with Crippen molar-refractivity contribution in [1.82, 2.24) is 10.2 Å². The van der Waals surface area contributed by atoms with Crippen molar-refractivity contribution >= 4 is 6.03 Å². The van der Waals surface area contributed by atoms with Crippen LogP contribution in [0.15, 0.2) is 0 Å². The number of nitrogens with zero attached hydrogens (tertiary/aromatic N) is 1. The third-order valence-corrected chi connectivity index (χ3v) is 4.25. The number of nitrogens with one attached hydrogen (secondary N) is 1. The summed E-state index contributed by atoms with van der Waals surface area (Å²) in [6.07, 6.45) is 5.73. The topological polar surface area (TPSA) is 50.8 Å². The molecule has 2 saturated heterocycles. The molecule has 0 aromatic rings. The predicted octanol–water partition coefficient (Wildman–Crippen LogP) is 1.38. The molecule has 3 fully saturated rings. The summed E-state index contributed by atoms with van der Waals surface area (Å²) in [6.45, 7) is 3.99. The van der Waals surface area contributed by atoms with E-state index >= 15 is 0 Å². The fourth-order valence-electron chi connectivity index (χ4n) is 2.71. The van der Waals surface area contributed by atoms with Gasteiger partial charge in [-0.05, 0) is 38.0 Å². The van der Waals surface area contributed by atoms with Crippen molar-refractivity contribution in [2.75, 3.05) is 32.9 Å². The number of likely N-dealkylation sites (tertiary alicyclic amines) is 1. The van der Waals surface area contributed by atoms with Gasteiger partial charge in [0, 0.05) is 39.0 Å². The molecule has 3 rings (SSSR count). The van der Waals surface area contributed by atoms with E-state index in [0.717, 1.165) is 58.1 Å². The Morgan fingerprint density at radius 3 is 2.74 bits per heavy atom. The molecule has 1 N–H and O–H groups in total. The predicted molar refractivity (Wildman–Crippen MR) is 71.0 cm³/mol. The number of hydrogen-bond donors (Lipinski definition) is 1. The van der Waals surface area contributed by atoms with Gasteiger partial charge in [-0.1, -0.05) is 0 Å². The number of carbonyl (C=O) groups excluding carboxylic acids is 1. The molecule has 1 saturated carbocycles. The van der Waals surface area contributed by atoms with Gasteiger partial charge in [0.1, 0.15) is 0 Å². The monoisotopic (exact) mass is 268 g/mol. The van der Waals surface area contributed by atoms with Crippen LogP contribution in [0.4, 0.5) is 4.79 Å². The second kappa shape index (κ2) is 6.09. The van der Waals surface area contributed by atoms with Crippen molar-refractivity contribution in [1.29, 1.82) is 0 Å². The number of amides is 2. The maximum absolute atomic E-state index is 12.1. The van der Waals surface area contributed by atoms with Crippen LogP contribution < -0.4 is 5.32 Å². The lowest BCUT2D eigenvalue weighted by molar-refractivity contribution is 0.0529. The largest absolute Gasteiger partial charge is 0.381 e. The minimum absolute atomic E-state index is 0.0735. The minimum Gasteiger partial charge on any atom is -0.381 e. The molecule has 2 heterocycles. The molecule has 108 valence electrons. The van der Waals surface area contributed by atoms with Crippen LogP contribution in [0.1, 0.15) is 32.1 Å². The molecule has 1 unspecified atom stereocenters. The molecule has 0 aromatic heterocycles. The molecule has 0 bridgehead atoms. The second-order valence-electron chi connectivity index (χ2n) is 5.97. The number of rotatable bonds is 4. The van der Waals surface area contributed by atoms with Gasteiger partial charge in [0.25, 0.3) is 0 Å². The van der Waals surface area contributed by atoms with Crippen molar-refractivity contribution in [2.45, 2.75) is 44.2 Å². The standard InChI is InChI=1S/C14H24N2O3/c17-14(15-12-4-7-18-8-5-12)16-6-3-13(9-16)19-10-11-1-2-11/h11-13H,1-10H2,(H,15,17). The van der Waals surface area contributed by atoms with E-state index in [2.05, 4.69) is 5.32 Å². The van der Waals surface area contributed by atoms with Crippen molar-refractivity contribution in [2.24, 2.45) is 5.92 Å². The fraction of sp³-hybridized carbons (Fsp3) is 0.929. The Hall–Kier alpha value is -0.810. The molecule has 1 atom stereocenters. The molecule has 0 aromatic carbocycles. The SMILES string of the molecule is O=C(NC1CCOCC1)N1CCC(OCC2CC2)C1. The first kappa shape index (κ1) is 13.2. The van der Waals surface area contributed by atoms with E-state index in [1.807, 2.05) is 4.90 Å². The van der Waals surface area contributed by atoms with Gasteiger partial charge in [0.05, 0.1) is 6.10 Å². The molecule has 5 nitrogen and oxygen atoms in total. The molecule has 0 radical (unpaired) electrons. The average Bonchev–Trinajstić information content (AvgIpc) is 3.14. The van der Waals surface area contributed by atoms with Gasteiger partial charge in [-0.2, -0.15) is 0 Å². The summed E-state index contributed by atoms with van der Waals surface area (Å²) < 4.78 is 11.2. The third-order valence-electron chi connectivity index (χ3n) is 4.25. The summed E-state index contributed by atoms with van der Waals surface area (Å²) in [5, 5.41) is 3.11. The second-order valence-corrected chi connectivity index (χ2v) is 5.97. The van der Waals surface area contributed by atoms with Crippen molar-refractivity contribution in [3.63, 3.8) is 0 Å². The summed E-state index contributed by atoms with van der Waals surface area (Å²) in [5.41, 5.74) is 0. The smallest absolute Gasteiger partial charge is 0.317 e. The Balaban J connectivity index is 1.37. The molecule has 2 aliphatic heterocycles. The van der Waals surface area contributed by atoms with Crippen molar-refractivity contribution in [3.8, 4) is 0 Å². The first-order valence-corrected chi connectivity index (χ1v) is 7.56. The Bertz CT molecular complexity index is 314. The van der Waals surface area contributed by atoms with Gasteiger partial charge < -0.3 is 19.7 Å². The Labute approximate surface area is 114 Å². The van der Waals surface area contributed by atoms with Crippen LogP contribution in [0.25, 0.3) is 0 Å². The van der Waals surface area contributed by atoms with Crippen LogP contribution in [0.3, 0.4) is 0 Å². The van der Waals surface area contributed by atoms with Gasteiger partial charge in [0.2, 0.25) is 0 Å². The average molecular weight is 268 g/mol. The Morgan fingerprint density at radius 1 is 1.21 bits per heavy atom. The Kier molecular flexibility index (Phi) is 4.23. The lowest BCUT2D eigenvalue weighted by Gasteiger charge is -2.26. The third kappa shape index (κ3) is 3.83. The normalized spacial score (nSPS) is 28.6. The highest BCUT2D eigenvalue weighted by Gasteiger charge is 2.30. The molecule has 2 amide bonds. The van der Waals surface area contributed by atoms with E-state index in [9.17, 15) is 4.79 Å². The van der Waals surface area contributed by atoms with Gasteiger partial charge in [-0.15, -0.1) is 0 Å². The first-order chi connectivity index (χ1) is 9.31. The highest BCUT2D eigenvalue weighted by Crippen LogP contribution is 2.30. The van der Waals surface area contributed by atoms with E-state index in [0.29, 0.717) is 0 Å². The maximum atomic E-state index is 12.1. The molecule has 0 spiro atoms.